The number of carbonyl (C=O) groups excluding carboxylic acids is 1. The average molecular weight is 450 g/mol. The molecule has 1 atom stereocenters. The van der Waals surface area contributed by atoms with E-state index in [1.54, 1.807) is 0 Å². The summed E-state index contributed by atoms with van der Waals surface area (Å²) in [6.07, 6.45) is 4.89. The smallest absolute Gasteiger partial charge is 0.412 e. The first-order valence-electron chi connectivity index (χ1n) is 12.0. The van der Waals surface area contributed by atoms with Crippen LogP contribution in [0.15, 0.2) is 48.5 Å². The number of nitrogens with zero attached hydrogens (tertiary/aromatic N) is 1. The van der Waals surface area contributed by atoms with Gasteiger partial charge in [0, 0.05) is 5.92 Å². The Hall–Kier alpha value is -2.86. The van der Waals surface area contributed by atoms with Gasteiger partial charge >= 0.3 is 12.1 Å². The Morgan fingerprint density at radius 1 is 1.06 bits per heavy atom. The highest BCUT2D eigenvalue weighted by molar-refractivity contribution is 5.82. The third-order valence-electron chi connectivity index (χ3n) is 7.66. The summed E-state index contributed by atoms with van der Waals surface area (Å²) in [5.74, 6) is -0.502. The highest BCUT2D eigenvalue weighted by Gasteiger charge is 2.55. The van der Waals surface area contributed by atoms with Gasteiger partial charge in [0.05, 0.1) is 6.61 Å². The number of ether oxygens (including phenoxy) is 2. The largest absolute Gasteiger partial charge is 0.480 e. The normalized spacial score (nSPS) is 26.3. The van der Waals surface area contributed by atoms with Crippen molar-refractivity contribution in [1.82, 2.24) is 4.90 Å². The molecule has 1 aliphatic heterocycles. The zero-order chi connectivity index (χ0) is 23.0. The SMILES string of the molecule is CCCC1CCC2(CC1)OCC(C(=O)O)N2C(=O)OCC1c2ccccc2-c2ccccc21. The summed E-state index contributed by atoms with van der Waals surface area (Å²) in [4.78, 5) is 26.7. The molecule has 0 aromatic heterocycles. The van der Waals surface area contributed by atoms with Crippen LogP contribution in [-0.4, -0.2) is 47.0 Å². The molecule has 33 heavy (non-hydrogen) atoms. The molecular weight excluding hydrogens is 418 g/mol. The van der Waals surface area contributed by atoms with Gasteiger partial charge in [-0.05, 0) is 53.9 Å². The summed E-state index contributed by atoms with van der Waals surface area (Å²) in [7, 11) is 0. The number of aliphatic carboxylic acids is 1. The number of hydrogen-bond donors (Lipinski definition) is 1. The third-order valence-corrected chi connectivity index (χ3v) is 7.66. The molecule has 3 aliphatic rings. The molecule has 1 heterocycles. The topological polar surface area (TPSA) is 76.1 Å². The molecule has 0 bridgehead atoms. The van der Waals surface area contributed by atoms with Crippen molar-refractivity contribution in [2.45, 2.75) is 63.1 Å². The lowest BCUT2D eigenvalue weighted by atomic mass is 9.80. The second kappa shape index (κ2) is 8.82. The van der Waals surface area contributed by atoms with Crippen molar-refractivity contribution >= 4 is 12.1 Å². The van der Waals surface area contributed by atoms with Gasteiger partial charge in [-0.3, -0.25) is 4.90 Å². The second-order valence-electron chi connectivity index (χ2n) is 9.52. The average Bonchev–Trinajstić information content (AvgIpc) is 3.36. The first-order valence-corrected chi connectivity index (χ1v) is 12.0. The lowest BCUT2D eigenvalue weighted by molar-refractivity contribution is -0.144. The van der Waals surface area contributed by atoms with Crippen molar-refractivity contribution < 1.29 is 24.2 Å². The molecule has 0 radical (unpaired) electrons. The van der Waals surface area contributed by atoms with E-state index in [1.807, 2.05) is 24.3 Å². The Kier molecular flexibility index (Phi) is 5.87. The van der Waals surface area contributed by atoms with E-state index in [-0.39, 0.29) is 19.1 Å². The number of rotatable bonds is 5. The van der Waals surface area contributed by atoms with Gasteiger partial charge in [0.15, 0.2) is 6.04 Å². The highest BCUT2D eigenvalue weighted by Crippen LogP contribution is 2.46. The molecule has 6 heteroatoms. The van der Waals surface area contributed by atoms with Crippen LogP contribution in [0.3, 0.4) is 0 Å². The molecule has 1 saturated heterocycles. The van der Waals surface area contributed by atoms with E-state index in [4.69, 9.17) is 9.47 Å². The number of carbonyl (C=O) groups is 2. The van der Waals surface area contributed by atoms with Crippen molar-refractivity contribution in [2.75, 3.05) is 13.2 Å². The van der Waals surface area contributed by atoms with E-state index in [1.165, 1.54) is 4.90 Å². The number of benzene rings is 2. The summed E-state index contributed by atoms with van der Waals surface area (Å²) in [5.41, 5.74) is 3.72. The maximum absolute atomic E-state index is 13.4. The number of carboxylic acid groups (broad SMARTS) is 1. The minimum atomic E-state index is -1.05. The molecule has 2 aromatic carbocycles. The van der Waals surface area contributed by atoms with Gasteiger partial charge in [-0.15, -0.1) is 0 Å². The van der Waals surface area contributed by atoms with Crippen LogP contribution in [0.2, 0.25) is 0 Å². The zero-order valence-electron chi connectivity index (χ0n) is 19.0. The Morgan fingerprint density at radius 2 is 1.67 bits per heavy atom. The first-order chi connectivity index (χ1) is 16.0. The summed E-state index contributed by atoms with van der Waals surface area (Å²) >= 11 is 0. The van der Waals surface area contributed by atoms with E-state index in [0.29, 0.717) is 18.8 Å². The molecule has 6 nitrogen and oxygen atoms in total. The molecule has 2 aromatic rings. The van der Waals surface area contributed by atoms with Crippen molar-refractivity contribution in [2.24, 2.45) is 5.92 Å². The van der Waals surface area contributed by atoms with Gasteiger partial charge in [-0.1, -0.05) is 68.3 Å². The maximum Gasteiger partial charge on any atom is 0.412 e. The predicted octanol–water partition coefficient (Wildman–Crippen LogP) is 5.41. The number of hydrogen-bond acceptors (Lipinski definition) is 4. The molecule has 5 rings (SSSR count). The molecule has 1 amide bonds. The van der Waals surface area contributed by atoms with Gasteiger partial charge in [0.25, 0.3) is 0 Å². The van der Waals surface area contributed by atoms with Crippen molar-refractivity contribution in [3.8, 4) is 11.1 Å². The highest BCUT2D eigenvalue weighted by atomic mass is 16.6. The van der Waals surface area contributed by atoms with Gasteiger partial charge in [0.2, 0.25) is 0 Å². The van der Waals surface area contributed by atoms with E-state index in [0.717, 1.165) is 47.9 Å². The molecule has 1 spiro atoms. The minimum absolute atomic E-state index is 0.0119. The fourth-order valence-electron chi connectivity index (χ4n) is 6.01. The van der Waals surface area contributed by atoms with Crippen molar-refractivity contribution in [3.63, 3.8) is 0 Å². The van der Waals surface area contributed by atoms with Gasteiger partial charge < -0.3 is 14.6 Å². The quantitative estimate of drug-likeness (QED) is 0.661. The third kappa shape index (κ3) is 3.80. The predicted molar refractivity (Wildman–Crippen MR) is 124 cm³/mol. The summed E-state index contributed by atoms with van der Waals surface area (Å²) in [5, 5.41) is 9.79. The summed E-state index contributed by atoms with van der Waals surface area (Å²) in [6, 6.07) is 15.3. The number of fused-ring (bicyclic) bond motifs is 3. The summed E-state index contributed by atoms with van der Waals surface area (Å²) < 4.78 is 11.9. The lowest BCUT2D eigenvalue weighted by Crippen LogP contribution is -2.55. The Morgan fingerprint density at radius 3 is 2.24 bits per heavy atom. The monoisotopic (exact) mass is 449 g/mol. The molecule has 1 saturated carbocycles. The first kappa shape index (κ1) is 22.0. The van der Waals surface area contributed by atoms with Crippen LogP contribution in [0.4, 0.5) is 4.79 Å². The lowest BCUT2D eigenvalue weighted by Gasteiger charge is -2.42. The molecule has 2 fully saturated rings. The van der Waals surface area contributed by atoms with Crippen molar-refractivity contribution in [3.05, 3.63) is 59.7 Å². The molecule has 1 unspecified atom stereocenters. The van der Waals surface area contributed by atoms with Crippen LogP contribution in [0.1, 0.15) is 62.5 Å². The minimum Gasteiger partial charge on any atom is -0.480 e. The van der Waals surface area contributed by atoms with Gasteiger partial charge in [-0.2, -0.15) is 0 Å². The van der Waals surface area contributed by atoms with E-state index in [2.05, 4.69) is 31.2 Å². The van der Waals surface area contributed by atoms with Crippen LogP contribution in [-0.2, 0) is 14.3 Å². The molecule has 174 valence electrons. The molecular formula is C27H31NO5. The van der Waals surface area contributed by atoms with Gasteiger partial charge in [0.1, 0.15) is 12.3 Å². The molecule has 2 aliphatic carbocycles. The standard InChI is InChI=1S/C27H31NO5/c1-2-7-18-12-14-27(15-13-18)28(24(17-33-27)25(29)30)26(31)32-16-23-21-10-5-3-8-19(21)20-9-4-6-11-22(20)23/h3-6,8-11,18,23-24H,2,7,12-17H2,1H3,(H,29,30). The fourth-order valence-corrected chi connectivity index (χ4v) is 6.01. The fraction of sp³-hybridized carbons (Fsp3) is 0.481. The van der Waals surface area contributed by atoms with E-state index in [9.17, 15) is 14.7 Å². The second-order valence-corrected chi connectivity index (χ2v) is 9.52. The molecule has 1 N–H and O–H groups in total. The maximum atomic E-state index is 13.4. The zero-order valence-corrected chi connectivity index (χ0v) is 19.0. The Labute approximate surface area is 194 Å². The number of amides is 1. The van der Waals surface area contributed by atoms with Gasteiger partial charge in [-0.25, -0.2) is 9.59 Å². The van der Waals surface area contributed by atoms with E-state index < -0.39 is 23.8 Å². The Bertz CT molecular complexity index is 997. The summed E-state index contributed by atoms with van der Waals surface area (Å²) in [6.45, 7) is 2.36. The number of carboxylic acids is 1. The van der Waals surface area contributed by atoms with Crippen LogP contribution < -0.4 is 0 Å². The van der Waals surface area contributed by atoms with Crippen LogP contribution in [0.5, 0.6) is 0 Å². The van der Waals surface area contributed by atoms with E-state index >= 15 is 0 Å². The van der Waals surface area contributed by atoms with Crippen molar-refractivity contribution in [1.29, 1.82) is 0 Å². The van der Waals surface area contributed by atoms with Crippen LogP contribution in [0, 0.1) is 5.92 Å². The van der Waals surface area contributed by atoms with Crippen LogP contribution in [0.25, 0.3) is 11.1 Å². The van der Waals surface area contributed by atoms with Crippen LogP contribution >= 0.6 is 0 Å². The Balaban J connectivity index is 1.35.